The standard InChI is InChI=1S/C21H35N3O3/c1-6-27-20-18(10-7-11-19(20)26-5)15-23(4)21(25)22-13-17-9-8-12-24(14-17)16(2)3/h7,10-11,16-17H,6,8-9,12-15H2,1-5H3,(H,22,25)/t17-/m1/s1. The Morgan fingerprint density at radius 2 is 2.19 bits per heavy atom. The van der Waals surface area contributed by atoms with Crippen LogP contribution in [0.1, 0.15) is 39.2 Å². The van der Waals surface area contributed by atoms with E-state index in [1.54, 1.807) is 12.0 Å². The van der Waals surface area contributed by atoms with Gasteiger partial charge in [0.25, 0.3) is 0 Å². The number of carbonyl (C=O) groups excluding carboxylic acids is 1. The van der Waals surface area contributed by atoms with Gasteiger partial charge in [-0.1, -0.05) is 12.1 Å². The zero-order valence-corrected chi connectivity index (χ0v) is 17.5. The molecule has 6 heteroatoms. The van der Waals surface area contributed by atoms with Gasteiger partial charge in [-0.05, 0) is 52.1 Å². The highest BCUT2D eigenvalue weighted by Gasteiger charge is 2.22. The fourth-order valence-corrected chi connectivity index (χ4v) is 3.58. The average Bonchev–Trinajstić information content (AvgIpc) is 2.67. The number of methoxy groups -OCH3 is 1. The monoisotopic (exact) mass is 377 g/mol. The number of benzene rings is 1. The first kappa shape index (κ1) is 21.4. The van der Waals surface area contributed by atoms with Gasteiger partial charge in [0, 0.05) is 31.7 Å². The topological polar surface area (TPSA) is 54.0 Å². The van der Waals surface area contributed by atoms with E-state index in [9.17, 15) is 4.79 Å². The van der Waals surface area contributed by atoms with E-state index >= 15 is 0 Å². The Balaban J connectivity index is 1.90. The maximum atomic E-state index is 12.6. The summed E-state index contributed by atoms with van der Waals surface area (Å²) >= 11 is 0. The van der Waals surface area contributed by atoms with Crippen LogP contribution in [0.25, 0.3) is 0 Å². The maximum Gasteiger partial charge on any atom is 0.317 e. The number of likely N-dealkylation sites (tertiary alicyclic amines) is 1. The van der Waals surface area contributed by atoms with Crippen LogP contribution in [0, 0.1) is 5.92 Å². The first-order chi connectivity index (χ1) is 13.0. The first-order valence-corrected chi connectivity index (χ1v) is 9.97. The fraction of sp³-hybridized carbons (Fsp3) is 0.667. The summed E-state index contributed by atoms with van der Waals surface area (Å²) < 4.78 is 11.1. The molecule has 0 aliphatic carbocycles. The minimum absolute atomic E-state index is 0.0538. The number of rotatable bonds is 8. The molecule has 0 saturated carbocycles. The predicted octanol–water partition coefficient (Wildman–Crippen LogP) is 3.36. The number of urea groups is 1. The summed E-state index contributed by atoms with van der Waals surface area (Å²) in [6.45, 7) is 10.4. The minimum atomic E-state index is -0.0538. The lowest BCUT2D eigenvalue weighted by Gasteiger charge is -2.35. The second-order valence-corrected chi connectivity index (χ2v) is 7.52. The van der Waals surface area contributed by atoms with Gasteiger partial charge in [0.05, 0.1) is 20.3 Å². The molecule has 1 aliphatic heterocycles. The average molecular weight is 378 g/mol. The molecular weight excluding hydrogens is 342 g/mol. The highest BCUT2D eigenvalue weighted by atomic mass is 16.5. The van der Waals surface area contributed by atoms with Gasteiger partial charge < -0.3 is 24.6 Å². The molecule has 27 heavy (non-hydrogen) atoms. The number of hydrogen-bond acceptors (Lipinski definition) is 4. The van der Waals surface area contributed by atoms with E-state index < -0.39 is 0 Å². The van der Waals surface area contributed by atoms with Gasteiger partial charge in [-0.25, -0.2) is 4.79 Å². The summed E-state index contributed by atoms with van der Waals surface area (Å²) in [6.07, 6.45) is 2.38. The lowest BCUT2D eigenvalue weighted by Crippen LogP contribution is -2.45. The van der Waals surface area contributed by atoms with Crippen molar-refractivity contribution >= 4 is 6.03 Å². The van der Waals surface area contributed by atoms with Crippen LogP contribution in [0.2, 0.25) is 0 Å². The van der Waals surface area contributed by atoms with E-state index in [4.69, 9.17) is 9.47 Å². The second kappa shape index (κ2) is 10.4. The molecule has 1 heterocycles. The number of ether oxygens (including phenoxy) is 2. The van der Waals surface area contributed by atoms with Crippen molar-refractivity contribution in [3.63, 3.8) is 0 Å². The third kappa shape index (κ3) is 6.03. The van der Waals surface area contributed by atoms with Gasteiger partial charge in [0.15, 0.2) is 11.5 Å². The van der Waals surface area contributed by atoms with E-state index in [0.29, 0.717) is 36.6 Å². The quantitative estimate of drug-likeness (QED) is 0.755. The highest BCUT2D eigenvalue weighted by Crippen LogP contribution is 2.31. The summed E-state index contributed by atoms with van der Waals surface area (Å²) in [5, 5.41) is 3.10. The van der Waals surface area contributed by atoms with E-state index in [1.165, 1.54) is 12.8 Å². The third-order valence-electron chi connectivity index (χ3n) is 5.15. The molecule has 0 spiro atoms. The molecule has 0 unspecified atom stereocenters. The molecule has 1 N–H and O–H groups in total. The number of amides is 2. The number of hydrogen-bond donors (Lipinski definition) is 1. The SMILES string of the molecule is CCOc1c(CN(C)C(=O)NC[C@H]2CCCN(C(C)C)C2)cccc1OC. The Bertz CT molecular complexity index is 606. The van der Waals surface area contributed by atoms with Crippen molar-refractivity contribution in [2.75, 3.05) is 40.4 Å². The Kier molecular flexibility index (Phi) is 8.23. The van der Waals surface area contributed by atoms with Gasteiger partial charge in [0.1, 0.15) is 0 Å². The van der Waals surface area contributed by atoms with Crippen molar-refractivity contribution in [1.29, 1.82) is 0 Å². The van der Waals surface area contributed by atoms with Crippen LogP contribution in [0.15, 0.2) is 18.2 Å². The number of para-hydroxylation sites is 1. The zero-order valence-electron chi connectivity index (χ0n) is 17.5. The Morgan fingerprint density at radius 3 is 2.85 bits per heavy atom. The molecule has 1 aromatic carbocycles. The molecule has 152 valence electrons. The fourth-order valence-electron chi connectivity index (χ4n) is 3.58. The number of nitrogens with zero attached hydrogens (tertiary/aromatic N) is 2. The summed E-state index contributed by atoms with van der Waals surface area (Å²) in [5.74, 6) is 1.93. The second-order valence-electron chi connectivity index (χ2n) is 7.52. The molecule has 1 aliphatic rings. The van der Waals surface area contributed by atoms with Crippen molar-refractivity contribution in [1.82, 2.24) is 15.1 Å². The first-order valence-electron chi connectivity index (χ1n) is 9.97. The van der Waals surface area contributed by atoms with Crippen molar-refractivity contribution in [3.05, 3.63) is 23.8 Å². The Labute approximate surface area is 163 Å². The van der Waals surface area contributed by atoms with Crippen LogP contribution in [0.5, 0.6) is 11.5 Å². The molecule has 1 aromatic rings. The van der Waals surface area contributed by atoms with Crippen LogP contribution in [0.4, 0.5) is 4.79 Å². The van der Waals surface area contributed by atoms with Crippen LogP contribution in [-0.2, 0) is 6.54 Å². The summed E-state index contributed by atoms with van der Waals surface area (Å²) in [6, 6.07) is 6.28. The molecule has 1 atom stereocenters. The molecule has 0 bridgehead atoms. The van der Waals surface area contributed by atoms with Gasteiger partial charge >= 0.3 is 6.03 Å². The molecular formula is C21H35N3O3. The molecule has 2 rings (SSSR count). The van der Waals surface area contributed by atoms with Gasteiger partial charge in [-0.15, -0.1) is 0 Å². The normalized spacial score (nSPS) is 17.6. The molecule has 1 fully saturated rings. The number of piperidine rings is 1. The van der Waals surface area contributed by atoms with Gasteiger partial charge in [-0.3, -0.25) is 0 Å². The van der Waals surface area contributed by atoms with Crippen LogP contribution >= 0.6 is 0 Å². The van der Waals surface area contributed by atoms with Crippen molar-refractivity contribution < 1.29 is 14.3 Å². The summed E-state index contributed by atoms with van der Waals surface area (Å²) in [4.78, 5) is 16.7. The van der Waals surface area contributed by atoms with Crippen molar-refractivity contribution in [2.24, 2.45) is 5.92 Å². The molecule has 6 nitrogen and oxygen atoms in total. The van der Waals surface area contributed by atoms with E-state index in [2.05, 4.69) is 24.1 Å². The largest absolute Gasteiger partial charge is 0.493 e. The molecule has 2 amide bonds. The van der Waals surface area contributed by atoms with E-state index in [1.807, 2.05) is 32.2 Å². The number of nitrogens with one attached hydrogen (secondary N) is 1. The van der Waals surface area contributed by atoms with Gasteiger partial charge in [0.2, 0.25) is 0 Å². The molecule has 0 aromatic heterocycles. The van der Waals surface area contributed by atoms with Crippen LogP contribution < -0.4 is 14.8 Å². The van der Waals surface area contributed by atoms with E-state index in [0.717, 1.165) is 25.2 Å². The highest BCUT2D eigenvalue weighted by molar-refractivity contribution is 5.74. The maximum absolute atomic E-state index is 12.6. The smallest absolute Gasteiger partial charge is 0.317 e. The minimum Gasteiger partial charge on any atom is -0.493 e. The zero-order chi connectivity index (χ0) is 19.8. The van der Waals surface area contributed by atoms with Crippen molar-refractivity contribution in [3.8, 4) is 11.5 Å². The lowest BCUT2D eigenvalue weighted by molar-refractivity contribution is 0.137. The molecule has 0 radical (unpaired) electrons. The van der Waals surface area contributed by atoms with Gasteiger partial charge in [-0.2, -0.15) is 0 Å². The summed E-state index contributed by atoms with van der Waals surface area (Å²) in [7, 11) is 3.44. The van der Waals surface area contributed by atoms with Crippen LogP contribution in [-0.4, -0.2) is 62.3 Å². The Morgan fingerprint density at radius 1 is 1.41 bits per heavy atom. The predicted molar refractivity (Wildman–Crippen MR) is 108 cm³/mol. The Hall–Kier alpha value is -1.95. The number of carbonyl (C=O) groups is 1. The van der Waals surface area contributed by atoms with Crippen LogP contribution in [0.3, 0.4) is 0 Å². The summed E-state index contributed by atoms with van der Waals surface area (Å²) in [5.41, 5.74) is 0.942. The molecule has 1 saturated heterocycles. The van der Waals surface area contributed by atoms with Crippen molar-refractivity contribution in [2.45, 2.75) is 46.2 Å². The van der Waals surface area contributed by atoms with E-state index in [-0.39, 0.29) is 6.03 Å². The third-order valence-corrected chi connectivity index (χ3v) is 5.15. The lowest BCUT2D eigenvalue weighted by atomic mass is 9.97.